The molecule has 1 aromatic heterocycles. The largest absolute Gasteiger partial charge is 0.444 e. The lowest BCUT2D eigenvalue weighted by Gasteiger charge is -2.40. The number of nitrogen functional groups attached to an aromatic ring is 1. The van der Waals surface area contributed by atoms with Gasteiger partial charge in [-0.05, 0) is 27.7 Å². The Morgan fingerprint density at radius 3 is 2.57 bits per heavy atom. The second-order valence-corrected chi connectivity index (χ2v) is 6.27. The molecule has 116 valence electrons. The highest BCUT2D eigenvalue weighted by atomic mass is 16.6. The summed E-state index contributed by atoms with van der Waals surface area (Å²) in [6, 6.07) is 0.0490. The zero-order chi connectivity index (χ0) is 15.6. The molecule has 1 aliphatic heterocycles. The Hall–Kier alpha value is -2.05. The molecule has 7 nitrogen and oxygen atoms in total. The topological polar surface area (TPSA) is 84.6 Å². The third-order valence-electron chi connectivity index (χ3n) is 3.24. The van der Waals surface area contributed by atoms with Crippen LogP contribution in [0.2, 0.25) is 0 Å². The van der Waals surface area contributed by atoms with Crippen LogP contribution in [0.5, 0.6) is 0 Å². The molecule has 7 heteroatoms. The van der Waals surface area contributed by atoms with Gasteiger partial charge in [0.1, 0.15) is 17.2 Å². The molecule has 1 saturated heterocycles. The van der Waals surface area contributed by atoms with Gasteiger partial charge in [0.15, 0.2) is 0 Å². The maximum Gasteiger partial charge on any atom is 0.410 e. The summed E-state index contributed by atoms with van der Waals surface area (Å²) in [7, 11) is 0. The van der Waals surface area contributed by atoms with Gasteiger partial charge in [0.2, 0.25) is 0 Å². The first kappa shape index (κ1) is 15.3. The summed E-state index contributed by atoms with van der Waals surface area (Å²) < 4.78 is 5.43. The molecule has 1 fully saturated rings. The number of aromatic nitrogens is 2. The van der Waals surface area contributed by atoms with Crippen LogP contribution in [0.25, 0.3) is 0 Å². The number of hydrogen-bond donors (Lipinski definition) is 1. The minimum Gasteiger partial charge on any atom is -0.444 e. The molecule has 0 spiro atoms. The van der Waals surface area contributed by atoms with Gasteiger partial charge in [0.25, 0.3) is 0 Å². The predicted octanol–water partition coefficient (Wildman–Crippen LogP) is 1.50. The fourth-order valence-corrected chi connectivity index (χ4v) is 2.25. The highest BCUT2D eigenvalue weighted by Crippen LogP contribution is 2.19. The quantitative estimate of drug-likeness (QED) is 0.844. The summed E-state index contributed by atoms with van der Waals surface area (Å²) in [6.07, 6.45) is 2.93. The average Bonchev–Trinajstić information content (AvgIpc) is 2.37. The Morgan fingerprint density at radius 2 is 2.05 bits per heavy atom. The van der Waals surface area contributed by atoms with Crippen molar-refractivity contribution in [1.29, 1.82) is 0 Å². The van der Waals surface area contributed by atoms with Crippen LogP contribution in [0.1, 0.15) is 27.7 Å². The molecule has 0 saturated carbocycles. The summed E-state index contributed by atoms with van der Waals surface area (Å²) in [5, 5.41) is 0. The number of nitrogens with two attached hydrogens (primary N) is 1. The van der Waals surface area contributed by atoms with Crippen LogP contribution in [-0.2, 0) is 4.74 Å². The van der Waals surface area contributed by atoms with Crippen LogP contribution >= 0.6 is 0 Å². The van der Waals surface area contributed by atoms with E-state index in [0.29, 0.717) is 25.5 Å². The zero-order valence-corrected chi connectivity index (χ0v) is 13.0. The van der Waals surface area contributed by atoms with Crippen molar-refractivity contribution < 1.29 is 9.53 Å². The van der Waals surface area contributed by atoms with Gasteiger partial charge < -0.3 is 20.3 Å². The molecule has 1 aromatic rings. The monoisotopic (exact) mass is 293 g/mol. The Labute approximate surface area is 125 Å². The van der Waals surface area contributed by atoms with Gasteiger partial charge in [-0.25, -0.2) is 14.8 Å². The number of hydrogen-bond acceptors (Lipinski definition) is 6. The number of piperazine rings is 1. The summed E-state index contributed by atoms with van der Waals surface area (Å²) in [6.45, 7) is 9.60. The van der Waals surface area contributed by atoms with E-state index in [4.69, 9.17) is 10.5 Å². The first-order chi connectivity index (χ1) is 9.76. The van der Waals surface area contributed by atoms with E-state index >= 15 is 0 Å². The van der Waals surface area contributed by atoms with Crippen molar-refractivity contribution >= 4 is 17.7 Å². The minimum atomic E-state index is -0.476. The molecule has 0 unspecified atom stereocenters. The van der Waals surface area contributed by atoms with Gasteiger partial charge in [0, 0.05) is 25.7 Å². The van der Waals surface area contributed by atoms with Crippen molar-refractivity contribution in [3.05, 3.63) is 12.4 Å². The van der Waals surface area contributed by atoms with E-state index in [1.807, 2.05) is 27.7 Å². The number of anilines is 2. The van der Waals surface area contributed by atoms with E-state index in [2.05, 4.69) is 14.9 Å². The van der Waals surface area contributed by atoms with Crippen LogP contribution in [0, 0.1) is 0 Å². The highest BCUT2D eigenvalue weighted by Gasteiger charge is 2.31. The predicted molar refractivity (Wildman–Crippen MR) is 81.1 cm³/mol. The molecule has 1 atom stereocenters. The maximum absolute atomic E-state index is 12.2. The smallest absolute Gasteiger partial charge is 0.410 e. The molecule has 2 N–H and O–H groups in total. The fraction of sp³-hybridized carbons (Fsp3) is 0.643. The van der Waals surface area contributed by atoms with E-state index in [1.165, 1.54) is 0 Å². The van der Waals surface area contributed by atoms with Crippen LogP contribution in [0.4, 0.5) is 16.4 Å². The van der Waals surface area contributed by atoms with Crippen LogP contribution in [0.15, 0.2) is 12.4 Å². The lowest BCUT2D eigenvalue weighted by molar-refractivity contribution is 0.0158. The van der Waals surface area contributed by atoms with Crippen molar-refractivity contribution in [3.63, 3.8) is 0 Å². The molecular weight excluding hydrogens is 270 g/mol. The maximum atomic E-state index is 12.2. The second-order valence-electron chi connectivity index (χ2n) is 6.27. The first-order valence-corrected chi connectivity index (χ1v) is 7.08. The number of amides is 1. The van der Waals surface area contributed by atoms with Crippen molar-refractivity contribution in [2.24, 2.45) is 0 Å². The zero-order valence-electron chi connectivity index (χ0n) is 13.0. The molecule has 1 amide bonds. The molecule has 2 rings (SSSR count). The van der Waals surface area contributed by atoms with Crippen LogP contribution < -0.4 is 10.6 Å². The Balaban J connectivity index is 1.99. The number of ether oxygens (including phenoxy) is 1. The minimum absolute atomic E-state index is 0.0490. The molecule has 1 aliphatic rings. The molecule has 0 aliphatic carbocycles. The van der Waals surface area contributed by atoms with E-state index < -0.39 is 5.60 Å². The standard InChI is InChI=1S/C14H23N5O2/c1-10-9-18(12-8-16-11(15)7-17-12)5-6-19(10)13(20)21-14(2,3)4/h7-8,10H,5-6,9H2,1-4H3,(H2,15,16)/t10-/m1/s1. The highest BCUT2D eigenvalue weighted by molar-refractivity contribution is 5.69. The van der Waals surface area contributed by atoms with Gasteiger partial charge in [-0.15, -0.1) is 0 Å². The number of rotatable bonds is 1. The Bertz CT molecular complexity index is 497. The summed E-state index contributed by atoms with van der Waals surface area (Å²) in [5.41, 5.74) is 5.07. The van der Waals surface area contributed by atoms with Gasteiger partial charge in [-0.3, -0.25) is 0 Å². The Morgan fingerprint density at radius 1 is 1.33 bits per heavy atom. The van der Waals surface area contributed by atoms with Crippen molar-refractivity contribution in [1.82, 2.24) is 14.9 Å². The van der Waals surface area contributed by atoms with Crippen molar-refractivity contribution in [2.75, 3.05) is 30.3 Å². The van der Waals surface area contributed by atoms with E-state index in [-0.39, 0.29) is 12.1 Å². The number of carbonyl (C=O) groups excluding carboxylic acids is 1. The van der Waals surface area contributed by atoms with Crippen LogP contribution in [0.3, 0.4) is 0 Å². The average molecular weight is 293 g/mol. The van der Waals surface area contributed by atoms with Gasteiger partial charge >= 0.3 is 6.09 Å². The molecule has 0 aromatic carbocycles. The molecule has 2 heterocycles. The summed E-state index contributed by atoms with van der Waals surface area (Å²) in [5.74, 6) is 1.18. The SMILES string of the molecule is C[C@@H]1CN(c2cnc(N)cn2)CCN1C(=O)OC(C)(C)C. The van der Waals surface area contributed by atoms with Crippen LogP contribution in [-0.4, -0.2) is 52.2 Å². The third kappa shape index (κ3) is 3.96. The molecular formula is C14H23N5O2. The Kier molecular flexibility index (Phi) is 4.20. The van der Waals surface area contributed by atoms with Gasteiger partial charge in [-0.2, -0.15) is 0 Å². The molecule has 21 heavy (non-hydrogen) atoms. The first-order valence-electron chi connectivity index (χ1n) is 7.08. The van der Waals surface area contributed by atoms with E-state index in [0.717, 1.165) is 5.82 Å². The number of nitrogens with zero attached hydrogens (tertiary/aromatic N) is 4. The summed E-state index contributed by atoms with van der Waals surface area (Å²) in [4.78, 5) is 24.3. The number of carbonyl (C=O) groups is 1. The third-order valence-corrected chi connectivity index (χ3v) is 3.24. The van der Waals surface area contributed by atoms with E-state index in [9.17, 15) is 4.79 Å². The molecule has 0 bridgehead atoms. The lowest BCUT2D eigenvalue weighted by Crippen LogP contribution is -2.55. The molecule has 0 radical (unpaired) electrons. The normalized spacial score (nSPS) is 19.5. The fourth-order valence-electron chi connectivity index (χ4n) is 2.25. The van der Waals surface area contributed by atoms with Gasteiger partial charge in [-0.1, -0.05) is 0 Å². The van der Waals surface area contributed by atoms with Crippen molar-refractivity contribution in [2.45, 2.75) is 39.3 Å². The van der Waals surface area contributed by atoms with Gasteiger partial charge in [0.05, 0.1) is 12.4 Å². The van der Waals surface area contributed by atoms with E-state index in [1.54, 1.807) is 17.3 Å². The second kappa shape index (κ2) is 5.75. The van der Waals surface area contributed by atoms with Crippen molar-refractivity contribution in [3.8, 4) is 0 Å². The summed E-state index contributed by atoms with van der Waals surface area (Å²) >= 11 is 0. The lowest BCUT2D eigenvalue weighted by atomic mass is 10.2.